The molecule has 7 heteroatoms. The van der Waals surface area contributed by atoms with Gasteiger partial charge in [-0.3, -0.25) is 14.7 Å². The molecule has 1 aliphatic rings. The maximum atomic E-state index is 12.6. The molecule has 24 heavy (non-hydrogen) atoms. The number of hydrogen-bond donors (Lipinski definition) is 0. The Bertz CT molecular complexity index is 634. The van der Waals surface area contributed by atoms with Gasteiger partial charge in [-0.05, 0) is 17.9 Å². The van der Waals surface area contributed by atoms with Gasteiger partial charge >= 0.3 is 0 Å². The van der Waals surface area contributed by atoms with Crippen LogP contribution in [-0.4, -0.2) is 65.4 Å². The summed E-state index contributed by atoms with van der Waals surface area (Å²) in [5.41, 5.74) is 0. The molecule has 1 fully saturated rings. The fourth-order valence-electron chi connectivity index (χ4n) is 2.87. The van der Waals surface area contributed by atoms with Crippen molar-refractivity contribution in [3.63, 3.8) is 0 Å². The van der Waals surface area contributed by atoms with E-state index in [0.29, 0.717) is 6.54 Å². The van der Waals surface area contributed by atoms with Crippen LogP contribution in [0, 0.1) is 0 Å². The highest BCUT2D eigenvalue weighted by Gasteiger charge is 2.20. The molecule has 0 unspecified atom stereocenters. The van der Waals surface area contributed by atoms with Crippen LogP contribution < -0.4 is 4.90 Å². The van der Waals surface area contributed by atoms with Crippen LogP contribution in [0.2, 0.25) is 0 Å². The Morgan fingerprint density at radius 1 is 1.29 bits per heavy atom. The van der Waals surface area contributed by atoms with Crippen LogP contribution in [0.25, 0.3) is 0 Å². The minimum Gasteiger partial charge on any atom is -0.349 e. The van der Waals surface area contributed by atoms with Gasteiger partial charge < -0.3 is 9.80 Å². The number of aromatic nitrogens is 2. The van der Waals surface area contributed by atoms with E-state index in [1.54, 1.807) is 29.9 Å². The lowest BCUT2D eigenvalue weighted by molar-refractivity contribution is -0.129. The zero-order valence-corrected chi connectivity index (χ0v) is 14.8. The third kappa shape index (κ3) is 4.52. The Morgan fingerprint density at radius 2 is 2.21 bits per heavy atom. The molecular weight excluding hydrogens is 322 g/mol. The predicted molar refractivity (Wildman–Crippen MR) is 96.1 cm³/mol. The molecule has 0 aromatic carbocycles. The van der Waals surface area contributed by atoms with Gasteiger partial charge in [0, 0.05) is 57.0 Å². The van der Waals surface area contributed by atoms with Crippen LogP contribution in [-0.2, 0) is 11.3 Å². The summed E-state index contributed by atoms with van der Waals surface area (Å²) < 4.78 is 0. The van der Waals surface area contributed by atoms with E-state index in [1.165, 1.54) is 4.88 Å². The average molecular weight is 345 g/mol. The summed E-state index contributed by atoms with van der Waals surface area (Å²) in [6, 6.07) is 4.27. The number of carbonyl (C=O) groups is 1. The number of hydrogen-bond acceptors (Lipinski definition) is 6. The molecule has 3 rings (SSSR count). The summed E-state index contributed by atoms with van der Waals surface area (Å²) in [6.45, 7) is 4.91. The number of carbonyl (C=O) groups excluding carboxylic acids is 1. The topological polar surface area (TPSA) is 52.6 Å². The summed E-state index contributed by atoms with van der Waals surface area (Å²) in [5, 5.41) is 2.12. The monoisotopic (exact) mass is 345 g/mol. The second-order valence-corrected chi connectivity index (χ2v) is 7.04. The van der Waals surface area contributed by atoms with Crippen LogP contribution in [0.5, 0.6) is 0 Å². The van der Waals surface area contributed by atoms with Gasteiger partial charge in [-0.25, -0.2) is 4.98 Å². The van der Waals surface area contributed by atoms with Crippen molar-refractivity contribution >= 4 is 23.1 Å². The van der Waals surface area contributed by atoms with Crippen LogP contribution in [0.4, 0.5) is 5.82 Å². The maximum Gasteiger partial charge on any atom is 0.242 e. The molecule has 0 atom stereocenters. The molecule has 0 aliphatic carbocycles. The number of likely N-dealkylation sites (N-methyl/N-ethyl adjacent to an activating group) is 1. The Kier molecular flexibility index (Phi) is 5.77. The summed E-state index contributed by atoms with van der Waals surface area (Å²) in [5.74, 6) is 0.876. The predicted octanol–water partition coefficient (Wildman–Crippen LogP) is 1.71. The number of thiophene rings is 1. The van der Waals surface area contributed by atoms with E-state index in [0.717, 1.165) is 45.0 Å². The third-order valence-electron chi connectivity index (χ3n) is 4.21. The molecule has 2 aromatic rings. The van der Waals surface area contributed by atoms with E-state index in [-0.39, 0.29) is 5.91 Å². The molecule has 2 aromatic heterocycles. The van der Waals surface area contributed by atoms with Gasteiger partial charge in [0.25, 0.3) is 0 Å². The molecule has 1 saturated heterocycles. The van der Waals surface area contributed by atoms with E-state index < -0.39 is 0 Å². The minimum absolute atomic E-state index is 0.154. The molecule has 128 valence electrons. The Morgan fingerprint density at radius 3 is 2.96 bits per heavy atom. The number of rotatable bonds is 5. The zero-order chi connectivity index (χ0) is 16.8. The highest BCUT2D eigenvalue weighted by molar-refractivity contribution is 7.09. The van der Waals surface area contributed by atoms with Gasteiger partial charge in [-0.2, -0.15) is 0 Å². The fraction of sp³-hybridized carbons (Fsp3) is 0.471. The first-order valence-electron chi connectivity index (χ1n) is 8.22. The number of anilines is 1. The maximum absolute atomic E-state index is 12.6. The SMILES string of the molecule is CN(CC(=O)N1CCCN(Cc2cccs2)CC1)c1cnccn1. The first-order valence-corrected chi connectivity index (χ1v) is 9.10. The summed E-state index contributed by atoms with van der Waals surface area (Å²) >= 11 is 1.79. The second kappa shape index (κ2) is 8.21. The molecule has 0 radical (unpaired) electrons. The van der Waals surface area contributed by atoms with E-state index in [1.807, 2.05) is 16.8 Å². The highest BCUT2D eigenvalue weighted by Crippen LogP contribution is 2.14. The summed E-state index contributed by atoms with van der Waals surface area (Å²) in [4.78, 5) is 28.5. The van der Waals surface area contributed by atoms with Crippen LogP contribution in [0.1, 0.15) is 11.3 Å². The normalized spacial score (nSPS) is 16.0. The fourth-order valence-corrected chi connectivity index (χ4v) is 3.62. The largest absolute Gasteiger partial charge is 0.349 e. The van der Waals surface area contributed by atoms with Crippen molar-refractivity contribution in [2.45, 2.75) is 13.0 Å². The second-order valence-electron chi connectivity index (χ2n) is 6.01. The van der Waals surface area contributed by atoms with Crippen LogP contribution >= 0.6 is 11.3 Å². The first-order chi connectivity index (χ1) is 11.7. The van der Waals surface area contributed by atoms with E-state index in [4.69, 9.17) is 0 Å². The van der Waals surface area contributed by atoms with Gasteiger partial charge in [-0.1, -0.05) is 6.07 Å². The average Bonchev–Trinajstić information content (AvgIpc) is 2.99. The number of nitrogens with zero attached hydrogens (tertiary/aromatic N) is 5. The van der Waals surface area contributed by atoms with Crippen molar-refractivity contribution in [2.75, 3.05) is 44.7 Å². The van der Waals surface area contributed by atoms with Crippen molar-refractivity contribution in [3.05, 3.63) is 41.0 Å². The summed E-state index contributed by atoms with van der Waals surface area (Å²) in [6.07, 6.45) is 5.98. The van der Waals surface area contributed by atoms with Crippen LogP contribution in [0.3, 0.4) is 0 Å². The zero-order valence-electron chi connectivity index (χ0n) is 14.0. The van der Waals surface area contributed by atoms with Crippen molar-refractivity contribution in [1.29, 1.82) is 0 Å². The quantitative estimate of drug-likeness (QED) is 0.826. The first kappa shape index (κ1) is 16.9. The van der Waals surface area contributed by atoms with E-state index >= 15 is 0 Å². The molecule has 6 nitrogen and oxygen atoms in total. The Hall–Kier alpha value is -1.99. The Balaban J connectivity index is 1.51. The van der Waals surface area contributed by atoms with Crippen molar-refractivity contribution in [1.82, 2.24) is 19.8 Å². The lowest BCUT2D eigenvalue weighted by Gasteiger charge is -2.25. The van der Waals surface area contributed by atoms with Gasteiger partial charge in [0.1, 0.15) is 5.82 Å². The highest BCUT2D eigenvalue weighted by atomic mass is 32.1. The lowest BCUT2D eigenvalue weighted by atomic mass is 10.3. The van der Waals surface area contributed by atoms with Crippen molar-refractivity contribution in [2.24, 2.45) is 0 Å². The molecule has 0 bridgehead atoms. The molecule has 0 N–H and O–H groups in total. The lowest BCUT2D eigenvalue weighted by Crippen LogP contribution is -2.41. The smallest absolute Gasteiger partial charge is 0.242 e. The van der Waals surface area contributed by atoms with Crippen molar-refractivity contribution < 1.29 is 4.79 Å². The number of amides is 1. The molecule has 0 spiro atoms. The third-order valence-corrected chi connectivity index (χ3v) is 5.07. The van der Waals surface area contributed by atoms with Gasteiger partial charge in [0.15, 0.2) is 0 Å². The molecule has 3 heterocycles. The Labute approximate surface area is 146 Å². The van der Waals surface area contributed by atoms with Gasteiger partial charge in [0.05, 0.1) is 12.7 Å². The molecule has 1 amide bonds. The minimum atomic E-state index is 0.154. The standard InChI is InChI=1S/C17H23N5OS/c1-20(16-12-18-5-6-19-16)14-17(23)22-8-3-7-21(9-10-22)13-15-4-2-11-24-15/h2,4-6,11-12H,3,7-10,13-14H2,1H3. The molecular formula is C17H23N5OS. The molecule has 0 saturated carbocycles. The molecule has 1 aliphatic heterocycles. The van der Waals surface area contributed by atoms with Gasteiger partial charge in [0.2, 0.25) is 5.91 Å². The van der Waals surface area contributed by atoms with Crippen LogP contribution in [0.15, 0.2) is 36.1 Å². The van der Waals surface area contributed by atoms with Gasteiger partial charge in [-0.15, -0.1) is 11.3 Å². The van der Waals surface area contributed by atoms with E-state index in [9.17, 15) is 4.79 Å². The van der Waals surface area contributed by atoms with E-state index in [2.05, 4.69) is 32.4 Å². The van der Waals surface area contributed by atoms with Crippen molar-refractivity contribution in [3.8, 4) is 0 Å². The summed E-state index contributed by atoms with van der Waals surface area (Å²) in [7, 11) is 1.88.